The third-order valence-electron chi connectivity index (χ3n) is 2.33. The third-order valence-corrected chi connectivity index (χ3v) is 2.33. The molecule has 0 aliphatic heterocycles. The highest BCUT2D eigenvalue weighted by atomic mass is 16.5. The number of aryl methyl sites for hydroxylation is 1. The second kappa shape index (κ2) is 6.54. The standard InChI is InChI=1S/C13H14O5/c1-9(14)18-8-2-3-10-4-6-11(7-5-10)12(15)13(16)17/h4-7H,2-3,8H2,1H3,(H,16,17). The van der Waals surface area contributed by atoms with Gasteiger partial charge in [0.05, 0.1) is 6.61 Å². The second-order valence-corrected chi connectivity index (χ2v) is 3.77. The SMILES string of the molecule is CC(=O)OCCCc1ccc(C(=O)C(=O)O)cc1. The number of hydrogen-bond donors (Lipinski definition) is 1. The number of carboxylic acids is 1. The smallest absolute Gasteiger partial charge is 0.377 e. The number of Topliss-reactive ketones (excluding diaryl/α,β-unsaturated/α-hetero) is 1. The van der Waals surface area contributed by atoms with Crippen LogP contribution < -0.4 is 0 Å². The van der Waals surface area contributed by atoms with E-state index in [9.17, 15) is 14.4 Å². The molecule has 0 aromatic heterocycles. The van der Waals surface area contributed by atoms with Gasteiger partial charge in [-0.25, -0.2) is 4.79 Å². The Morgan fingerprint density at radius 1 is 1.17 bits per heavy atom. The summed E-state index contributed by atoms with van der Waals surface area (Å²) in [5.74, 6) is -2.68. The molecule has 0 amide bonds. The highest BCUT2D eigenvalue weighted by molar-refractivity contribution is 6.39. The molecule has 0 atom stereocenters. The maximum absolute atomic E-state index is 11.1. The molecule has 96 valence electrons. The van der Waals surface area contributed by atoms with Gasteiger partial charge in [-0.15, -0.1) is 0 Å². The topological polar surface area (TPSA) is 80.7 Å². The zero-order valence-corrected chi connectivity index (χ0v) is 10.0. The largest absolute Gasteiger partial charge is 0.475 e. The van der Waals surface area contributed by atoms with Crippen molar-refractivity contribution in [1.29, 1.82) is 0 Å². The molecule has 0 unspecified atom stereocenters. The van der Waals surface area contributed by atoms with Crippen molar-refractivity contribution in [2.75, 3.05) is 6.61 Å². The minimum absolute atomic E-state index is 0.159. The number of hydrogen-bond acceptors (Lipinski definition) is 4. The van der Waals surface area contributed by atoms with Crippen LogP contribution in [0.2, 0.25) is 0 Å². The molecule has 1 rings (SSSR count). The fourth-order valence-electron chi connectivity index (χ4n) is 1.44. The lowest BCUT2D eigenvalue weighted by molar-refractivity contribution is -0.141. The average molecular weight is 250 g/mol. The van der Waals surface area contributed by atoms with E-state index in [2.05, 4.69) is 0 Å². The Kier molecular flexibility index (Phi) is 5.05. The minimum Gasteiger partial charge on any atom is -0.475 e. The van der Waals surface area contributed by atoms with Crippen LogP contribution in [0.3, 0.4) is 0 Å². The summed E-state index contributed by atoms with van der Waals surface area (Å²) in [6.07, 6.45) is 1.39. The van der Waals surface area contributed by atoms with Crippen LogP contribution in [0.1, 0.15) is 29.3 Å². The van der Waals surface area contributed by atoms with Crippen molar-refractivity contribution in [1.82, 2.24) is 0 Å². The number of ketones is 1. The van der Waals surface area contributed by atoms with Crippen molar-refractivity contribution in [3.05, 3.63) is 35.4 Å². The van der Waals surface area contributed by atoms with E-state index in [1.165, 1.54) is 19.1 Å². The summed E-state index contributed by atoms with van der Waals surface area (Å²) in [7, 11) is 0. The molecule has 1 aromatic rings. The molecule has 0 fully saturated rings. The summed E-state index contributed by atoms with van der Waals surface area (Å²) >= 11 is 0. The summed E-state index contributed by atoms with van der Waals surface area (Å²) in [5, 5.41) is 8.53. The van der Waals surface area contributed by atoms with Crippen molar-refractivity contribution in [2.45, 2.75) is 19.8 Å². The van der Waals surface area contributed by atoms with Gasteiger partial charge in [0.25, 0.3) is 5.78 Å². The predicted octanol–water partition coefficient (Wildman–Crippen LogP) is 1.45. The lowest BCUT2D eigenvalue weighted by Gasteiger charge is -2.03. The molecule has 0 aliphatic carbocycles. The number of aliphatic carboxylic acids is 1. The molecule has 5 nitrogen and oxygen atoms in total. The monoisotopic (exact) mass is 250 g/mol. The molecule has 0 saturated heterocycles. The zero-order valence-electron chi connectivity index (χ0n) is 10.0. The second-order valence-electron chi connectivity index (χ2n) is 3.77. The van der Waals surface area contributed by atoms with E-state index in [1.54, 1.807) is 12.1 Å². The first-order chi connectivity index (χ1) is 8.50. The molecule has 0 aliphatic rings. The Balaban J connectivity index is 2.48. The number of benzene rings is 1. The van der Waals surface area contributed by atoms with Gasteiger partial charge in [0.1, 0.15) is 0 Å². The van der Waals surface area contributed by atoms with E-state index in [-0.39, 0.29) is 11.5 Å². The van der Waals surface area contributed by atoms with Gasteiger partial charge in [-0.2, -0.15) is 0 Å². The van der Waals surface area contributed by atoms with Gasteiger partial charge in [0.2, 0.25) is 0 Å². The molecule has 1 N–H and O–H groups in total. The summed E-state index contributed by atoms with van der Waals surface area (Å²) < 4.78 is 4.79. The molecule has 1 aromatic carbocycles. The first-order valence-electron chi connectivity index (χ1n) is 5.50. The Labute approximate surface area is 104 Å². The van der Waals surface area contributed by atoms with Gasteiger partial charge in [-0.1, -0.05) is 24.3 Å². The quantitative estimate of drug-likeness (QED) is 0.357. The van der Waals surface area contributed by atoms with Crippen LogP contribution in [-0.2, 0) is 20.7 Å². The number of carbonyl (C=O) groups is 3. The molecular weight excluding hydrogens is 236 g/mol. The normalized spacial score (nSPS) is 9.83. The van der Waals surface area contributed by atoms with Crippen LogP contribution in [0.25, 0.3) is 0 Å². The minimum atomic E-state index is -1.46. The van der Waals surface area contributed by atoms with Gasteiger partial charge in [-0.05, 0) is 18.4 Å². The molecule has 0 radical (unpaired) electrons. The highest BCUT2D eigenvalue weighted by Gasteiger charge is 2.13. The van der Waals surface area contributed by atoms with Crippen LogP contribution >= 0.6 is 0 Å². The molecule has 0 saturated carbocycles. The average Bonchev–Trinajstić information content (AvgIpc) is 2.34. The van der Waals surface area contributed by atoms with Crippen LogP contribution in [0.15, 0.2) is 24.3 Å². The van der Waals surface area contributed by atoms with E-state index in [4.69, 9.17) is 9.84 Å². The Morgan fingerprint density at radius 2 is 1.78 bits per heavy atom. The molecule has 18 heavy (non-hydrogen) atoms. The molecule has 5 heteroatoms. The summed E-state index contributed by atoms with van der Waals surface area (Å²) in [6.45, 7) is 1.71. The van der Waals surface area contributed by atoms with Crippen LogP contribution in [-0.4, -0.2) is 29.4 Å². The first kappa shape index (κ1) is 13.9. The van der Waals surface area contributed by atoms with Crippen LogP contribution in [0.4, 0.5) is 0 Å². The van der Waals surface area contributed by atoms with E-state index < -0.39 is 11.8 Å². The number of carboxylic acid groups (broad SMARTS) is 1. The predicted molar refractivity (Wildman–Crippen MR) is 63.4 cm³/mol. The Morgan fingerprint density at radius 3 is 2.28 bits per heavy atom. The van der Waals surface area contributed by atoms with Crippen molar-refractivity contribution in [3.8, 4) is 0 Å². The zero-order chi connectivity index (χ0) is 13.5. The maximum atomic E-state index is 11.1. The van der Waals surface area contributed by atoms with Crippen molar-refractivity contribution in [2.24, 2.45) is 0 Å². The lowest BCUT2D eigenvalue weighted by Crippen LogP contribution is -2.12. The van der Waals surface area contributed by atoms with Gasteiger partial charge in [0.15, 0.2) is 0 Å². The van der Waals surface area contributed by atoms with Crippen LogP contribution in [0.5, 0.6) is 0 Å². The third kappa shape index (κ3) is 4.37. The van der Waals surface area contributed by atoms with Crippen molar-refractivity contribution in [3.63, 3.8) is 0 Å². The highest BCUT2D eigenvalue weighted by Crippen LogP contribution is 2.07. The van der Waals surface area contributed by atoms with Crippen molar-refractivity contribution >= 4 is 17.7 Å². The maximum Gasteiger partial charge on any atom is 0.377 e. The Bertz CT molecular complexity index is 447. The van der Waals surface area contributed by atoms with E-state index >= 15 is 0 Å². The van der Waals surface area contributed by atoms with E-state index in [0.29, 0.717) is 19.4 Å². The number of ether oxygens (including phenoxy) is 1. The summed E-state index contributed by atoms with van der Waals surface area (Å²) in [6, 6.07) is 6.36. The number of carbonyl (C=O) groups excluding carboxylic acids is 2. The summed E-state index contributed by atoms with van der Waals surface area (Å²) in [5.41, 5.74) is 1.12. The fraction of sp³-hybridized carbons (Fsp3) is 0.308. The van der Waals surface area contributed by atoms with Crippen molar-refractivity contribution < 1.29 is 24.2 Å². The molecule has 0 bridgehead atoms. The lowest BCUT2D eigenvalue weighted by atomic mass is 10.1. The van der Waals surface area contributed by atoms with Gasteiger partial charge < -0.3 is 9.84 Å². The Hall–Kier alpha value is -2.17. The molecule has 0 spiro atoms. The summed E-state index contributed by atoms with van der Waals surface area (Å²) in [4.78, 5) is 32.1. The number of rotatable bonds is 6. The van der Waals surface area contributed by atoms with Gasteiger partial charge in [-0.3, -0.25) is 9.59 Å². The van der Waals surface area contributed by atoms with Gasteiger partial charge in [0, 0.05) is 12.5 Å². The molecule has 0 heterocycles. The van der Waals surface area contributed by atoms with Crippen LogP contribution in [0, 0.1) is 0 Å². The first-order valence-corrected chi connectivity index (χ1v) is 5.50. The number of esters is 1. The van der Waals surface area contributed by atoms with E-state index in [0.717, 1.165) is 5.56 Å². The molecular formula is C13H14O5. The van der Waals surface area contributed by atoms with Gasteiger partial charge >= 0.3 is 11.9 Å². The fourth-order valence-corrected chi connectivity index (χ4v) is 1.44. The van der Waals surface area contributed by atoms with E-state index in [1.807, 2.05) is 0 Å².